The minimum atomic E-state index is -3.51. The SMILES string of the molecule is CC(=O)Nc1ccc(S(=O)(=O)[N+]2=C(C)NCC2)cc1. The predicted octanol–water partition coefficient (Wildman–Crippen LogP) is 0.368. The molecule has 0 aliphatic carbocycles. The number of hydrogen-bond donors (Lipinski definition) is 2. The molecule has 2 N–H and O–H groups in total. The van der Waals surface area contributed by atoms with Crippen LogP contribution in [0.25, 0.3) is 0 Å². The first kappa shape index (κ1) is 13.5. The zero-order chi connectivity index (χ0) is 14.0. The van der Waals surface area contributed by atoms with Crippen molar-refractivity contribution < 1.29 is 17.2 Å². The van der Waals surface area contributed by atoms with Crippen LogP contribution in [0.15, 0.2) is 29.2 Å². The van der Waals surface area contributed by atoms with Crippen molar-refractivity contribution in [1.29, 1.82) is 0 Å². The van der Waals surface area contributed by atoms with E-state index in [1.807, 2.05) is 0 Å². The molecule has 0 spiro atoms. The molecule has 0 atom stereocenters. The predicted molar refractivity (Wildman–Crippen MR) is 71.7 cm³/mol. The highest BCUT2D eigenvalue weighted by atomic mass is 32.2. The van der Waals surface area contributed by atoms with Gasteiger partial charge in [-0.1, -0.05) is 0 Å². The lowest BCUT2D eigenvalue weighted by Crippen LogP contribution is -2.25. The number of nitrogens with zero attached hydrogens (tertiary/aromatic N) is 1. The topological polar surface area (TPSA) is 78.3 Å². The molecular formula is C12H16N3O3S+. The van der Waals surface area contributed by atoms with E-state index >= 15 is 0 Å². The maximum absolute atomic E-state index is 12.4. The van der Waals surface area contributed by atoms with Gasteiger partial charge in [0.05, 0.1) is 0 Å². The highest BCUT2D eigenvalue weighted by Gasteiger charge is 2.30. The molecular weight excluding hydrogens is 266 g/mol. The van der Waals surface area contributed by atoms with Crippen molar-refractivity contribution in [1.82, 2.24) is 5.32 Å². The molecule has 1 aromatic rings. The number of nitrogens with one attached hydrogen (secondary N) is 2. The summed E-state index contributed by atoms with van der Waals surface area (Å²) in [6, 6.07) is 6.14. The van der Waals surface area contributed by atoms with E-state index in [2.05, 4.69) is 10.6 Å². The number of sulfonamides is 1. The largest absolute Gasteiger partial charge is 0.330 e. The summed E-state index contributed by atoms with van der Waals surface area (Å²) in [5.41, 5.74) is 0.576. The molecule has 1 aliphatic rings. The van der Waals surface area contributed by atoms with Crippen LogP contribution in [0.4, 0.5) is 5.69 Å². The average Bonchev–Trinajstić information content (AvgIpc) is 2.76. The molecule has 1 aromatic carbocycles. The smallest absolute Gasteiger partial charge is 0.326 e. The van der Waals surface area contributed by atoms with Crippen molar-refractivity contribution in [2.45, 2.75) is 18.7 Å². The molecule has 1 amide bonds. The third-order valence-electron chi connectivity index (χ3n) is 2.83. The van der Waals surface area contributed by atoms with Gasteiger partial charge in [0.25, 0.3) is 5.84 Å². The van der Waals surface area contributed by atoms with Gasteiger partial charge >= 0.3 is 10.0 Å². The van der Waals surface area contributed by atoms with Gasteiger partial charge in [0.1, 0.15) is 18.0 Å². The van der Waals surface area contributed by atoms with E-state index in [4.69, 9.17) is 0 Å². The molecule has 2 rings (SSSR count). The summed E-state index contributed by atoms with van der Waals surface area (Å²) >= 11 is 0. The van der Waals surface area contributed by atoms with E-state index in [0.717, 1.165) is 0 Å². The number of amidine groups is 1. The monoisotopic (exact) mass is 282 g/mol. The van der Waals surface area contributed by atoms with Gasteiger partial charge in [0, 0.05) is 19.5 Å². The summed E-state index contributed by atoms with van der Waals surface area (Å²) in [7, 11) is -3.51. The van der Waals surface area contributed by atoms with Crippen molar-refractivity contribution in [2.75, 3.05) is 18.4 Å². The summed E-state index contributed by atoms with van der Waals surface area (Å²) in [6.45, 7) is 4.19. The number of anilines is 1. The Hall–Kier alpha value is -1.89. The van der Waals surface area contributed by atoms with Crippen molar-refractivity contribution in [3.05, 3.63) is 24.3 Å². The molecule has 6 nitrogen and oxygen atoms in total. The van der Waals surface area contributed by atoms with Crippen LogP contribution in [-0.2, 0) is 14.8 Å². The Balaban J connectivity index is 2.32. The third-order valence-corrected chi connectivity index (χ3v) is 4.74. The Morgan fingerprint density at radius 3 is 2.42 bits per heavy atom. The van der Waals surface area contributed by atoms with Crippen LogP contribution in [0.5, 0.6) is 0 Å². The lowest BCUT2D eigenvalue weighted by Gasteiger charge is -2.06. The average molecular weight is 282 g/mol. The maximum atomic E-state index is 12.4. The van der Waals surface area contributed by atoms with Gasteiger partial charge in [-0.2, -0.15) is 8.42 Å². The number of carbonyl (C=O) groups excluding carboxylic acids is 1. The van der Waals surface area contributed by atoms with Crippen LogP contribution < -0.4 is 10.6 Å². The van der Waals surface area contributed by atoms with Crippen LogP contribution in [0.1, 0.15) is 13.8 Å². The van der Waals surface area contributed by atoms with E-state index in [0.29, 0.717) is 24.6 Å². The zero-order valence-corrected chi connectivity index (χ0v) is 11.6. The standard InChI is InChI=1S/C12H15N3O3S/c1-9-13-7-8-15(9)19(17,18)12-5-3-11(4-6-12)14-10(2)16/h3-6H,7-8H2,1-2H3,(H,14,16)/p+1. The first-order valence-corrected chi connectivity index (χ1v) is 7.33. The quantitative estimate of drug-likeness (QED) is 0.785. The normalized spacial score (nSPS) is 15.3. The van der Waals surface area contributed by atoms with Crippen LogP contribution in [0.2, 0.25) is 0 Å². The van der Waals surface area contributed by atoms with Crippen LogP contribution in [0.3, 0.4) is 0 Å². The molecule has 1 aliphatic heterocycles. The van der Waals surface area contributed by atoms with Gasteiger partial charge in [-0.3, -0.25) is 10.1 Å². The lowest BCUT2D eigenvalue weighted by atomic mass is 10.3. The van der Waals surface area contributed by atoms with E-state index in [1.165, 1.54) is 23.0 Å². The Labute approximate surface area is 112 Å². The molecule has 0 unspecified atom stereocenters. The second-order valence-corrected chi connectivity index (χ2v) is 6.16. The number of carbonyl (C=O) groups is 1. The van der Waals surface area contributed by atoms with Crippen LogP contribution in [-0.4, -0.2) is 37.2 Å². The maximum Gasteiger partial charge on any atom is 0.330 e. The minimum Gasteiger partial charge on any atom is -0.326 e. The molecule has 1 heterocycles. The molecule has 0 radical (unpaired) electrons. The van der Waals surface area contributed by atoms with Gasteiger partial charge in [-0.15, -0.1) is 3.98 Å². The molecule has 7 heteroatoms. The lowest BCUT2D eigenvalue weighted by molar-refractivity contribution is -0.353. The second-order valence-electron chi connectivity index (χ2n) is 4.29. The molecule has 0 aromatic heterocycles. The van der Waals surface area contributed by atoms with Gasteiger partial charge in [-0.25, -0.2) is 0 Å². The number of amides is 1. The number of benzene rings is 1. The summed E-state index contributed by atoms with van der Waals surface area (Å²) < 4.78 is 26.1. The van der Waals surface area contributed by atoms with Crippen molar-refractivity contribution >= 4 is 27.5 Å². The Kier molecular flexibility index (Phi) is 3.57. The summed E-state index contributed by atoms with van der Waals surface area (Å²) in [5, 5.41) is 5.59. The first-order chi connectivity index (χ1) is 8.91. The Bertz CT molecular complexity index is 633. The van der Waals surface area contributed by atoms with Gasteiger partial charge in [0.15, 0.2) is 0 Å². The summed E-state index contributed by atoms with van der Waals surface area (Å²) in [6.07, 6.45) is 0. The van der Waals surface area contributed by atoms with E-state index in [-0.39, 0.29) is 10.8 Å². The zero-order valence-electron chi connectivity index (χ0n) is 10.8. The molecule has 0 saturated heterocycles. The van der Waals surface area contributed by atoms with Crippen LogP contribution >= 0.6 is 0 Å². The van der Waals surface area contributed by atoms with Crippen LogP contribution in [0, 0.1) is 0 Å². The van der Waals surface area contributed by atoms with Crippen molar-refractivity contribution in [3.8, 4) is 0 Å². The van der Waals surface area contributed by atoms with E-state index in [1.54, 1.807) is 19.1 Å². The van der Waals surface area contributed by atoms with E-state index in [9.17, 15) is 13.2 Å². The fourth-order valence-corrected chi connectivity index (χ4v) is 3.43. The van der Waals surface area contributed by atoms with Gasteiger partial charge < -0.3 is 5.32 Å². The second kappa shape index (κ2) is 5.00. The molecule has 19 heavy (non-hydrogen) atoms. The van der Waals surface area contributed by atoms with Gasteiger partial charge in [-0.05, 0) is 24.3 Å². The Morgan fingerprint density at radius 1 is 1.32 bits per heavy atom. The summed E-state index contributed by atoms with van der Waals surface area (Å²) in [4.78, 5) is 11.1. The number of hydrogen-bond acceptors (Lipinski definition) is 4. The van der Waals surface area contributed by atoms with Gasteiger partial charge in [0.2, 0.25) is 5.91 Å². The van der Waals surface area contributed by atoms with Crippen molar-refractivity contribution in [2.24, 2.45) is 0 Å². The first-order valence-electron chi connectivity index (χ1n) is 5.89. The number of rotatable bonds is 3. The fraction of sp³-hybridized carbons (Fsp3) is 0.333. The highest BCUT2D eigenvalue weighted by molar-refractivity contribution is 7.85. The minimum absolute atomic E-state index is 0.191. The van der Waals surface area contributed by atoms with E-state index < -0.39 is 10.0 Å². The summed E-state index contributed by atoms with van der Waals surface area (Å²) in [5.74, 6) is 0.439. The molecule has 0 bridgehead atoms. The van der Waals surface area contributed by atoms with Crippen molar-refractivity contribution in [3.63, 3.8) is 0 Å². The fourth-order valence-electron chi connectivity index (χ4n) is 1.94. The molecule has 102 valence electrons. The highest BCUT2D eigenvalue weighted by Crippen LogP contribution is 2.17. The Morgan fingerprint density at radius 2 is 1.95 bits per heavy atom. The third kappa shape index (κ3) is 2.76. The molecule has 0 fully saturated rings. The molecule has 0 saturated carbocycles.